The average Bonchev–Trinajstić information content (AvgIpc) is 3.07. The van der Waals surface area contributed by atoms with Crippen LogP contribution in [0.5, 0.6) is 17.2 Å². The highest BCUT2D eigenvalue weighted by Crippen LogP contribution is 2.41. The molecule has 0 saturated carbocycles. The van der Waals surface area contributed by atoms with Crippen molar-refractivity contribution < 1.29 is 33.5 Å². The Labute approximate surface area is 200 Å². The molecule has 0 aromatic heterocycles. The van der Waals surface area contributed by atoms with Crippen LogP contribution in [0, 0.1) is 12.8 Å². The van der Waals surface area contributed by atoms with Crippen LogP contribution in [0.1, 0.15) is 33.9 Å². The van der Waals surface area contributed by atoms with E-state index in [1.54, 1.807) is 43.5 Å². The molecule has 1 aliphatic heterocycles. The van der Waals surface area contributed by atoms with Gasteiger partial charge in [0.25, 0.3) is 5.91 Å². The highest BCUT2D eigenvalue weighted by molar-refractivity contribution is 6.44. The lowest BCUT2D eigenvalue weighted by Gasteiger charge is -2.28. The SMILES string of the molecule is COc1ccc(C(=O)C2C(=O)C(=O)N(CCC[NH+](C)C)C2c2ccc(OC)c(OC)c2)cc1C. The molecule has 0 bridgehead atoms. The summed E-state index contributed by atoms with van der Waals surface area (Å²) in [5.74, 6) is -1.20. The summed E-state index contributed by atoms with van der Waals surface area (Å²) in [6.45, 7) is 3.03. The van der Waals surface area contributed by atoms with Crippen molar-refractivity contribution in [2.75, 3.05) is 48.5 Å². The van der Waals surface area contributed by atoms with Gasteiger partial charge in [0.1, 0.15) is 11.7 Å². The van der Waals surface area contributed by atoms with Gasteiger partial charge in [-0.05, 0) is 48.4 Å². The molecular weight excluding hydrogens is 436 g/mol. The number of carbonyl (C=O) groups excluding carboxylic acids is 3. The van der Waals surface area contributed by atoms with Crippen molar-refractivity contribution in [1.29, 1.82) is 0 Å². The summed E-state index contributed by atoms with van der Waals surface area (Å²) in [6, 6.07) is 9.54. The monoisotopic (exact) mass is 469 g/mol. The predicted octanol–water partition coefficient (Wildman–Crippen LogP) is 1.51. The summed E-state index contributed by atoms with van der Waals surface area (Å²) in [6.07, 6.45) is 0.702. The van der Waals surface area contributed by atoms with E-state index < -0.39 is 23.7 Å². The van der Waals surface area contributed by atoms with Gasteiger partial charge in [-0.3, -0.25) is 14.4 Å². The van der Waals surface area contributed by atoms with Gasteiger partial charge in [0.05, 0.1) is 48.0 Å². The van der Waals surface area contributed by atoms with Crippen LogP contribution in [0.2, 0.25) is 0 Å². The minimum Gasteiger partial charge on any atom is -0.496 e. The van der Waals surface area contributed by atoms with Gasteiger partial charge in [-0.25, -0.2) is 0 Å². The minimum atomic E-state index is -1.15. The number of nitrogens with zero attached hydrogens (tertiary/aromatic N) is 1. The molecule has 34 heavy (non-hydrogen) atoms. The highest BCUT2D eigenvalue weighted by atomic mass is 16.5. The third-order valence-corrected chi connectivity index (χ3v) is 6.19. The zero-order valence-electron chi connectivity index (χ0n) is 20.6. The molecule has 8 heteroatoms. The quantitative estimate of drug-likeness (QED) is 0.323. The number of carbonyl (C=O) groups is 3. The van der Waals surface area contributed by atoms with Crippen molar-refractivity contribution in [2.24, 2.45) is 5.92 Å². The van der Waals surface area contributed by atoms with E-state index in [9.17, 15) is 14.4 Å². The fourth-order valence-corrected chi connectivity index (χ4v) is 4.45. The summed E-state index contributed by atoms with van der Waals surface area (Å²) in [4.78, 5) is 42.7. The Morgan fingerprint density at radius 1 is 0.941 bits per heavy atom. The van der Waals surface area contributed by atoms with E-state index in [2.05, 4.69) is 0 Å². The largest absolute Gasteiger partial charge is 0.496 e. The second-order valence-corrected chi connectivity index (χ2v) is 8.76. The van der Waals surface area contributed by atoms with E-state index in [0.29, 0.717) is 41.3 Å². The number of methoxy groups -OCH3 is 3. The topological polar surface area (TPSA) is 86.6 Å². The lowest BCUT2D eigenvalue weighted by Crippen LogP contribution is -3.05. The van der Waals surface area contributed by atoms with Crippen LogP contribution in [-0.2, 0) is 9.59 Å². The Hall–Kier alpha value is -3.39. The van der Waals surface area contributed by atoms with E-state index in [1.165, 1.54) is 24.0 Å². The van der Waals surface area contributed by atoms with E-state index in [4.69, 9.17) is 14.2 Å². The number of likely N-dealkylation sites (tertiary alicyclic amines) is 1. The average molecular weight is 470 g/mol. The number of rotatable bonds is 10. The first-order valence-electron chi connectivity index (χ1n) is 11.3. The van der Waals surface area contributed by atoms with E-state index in [-0.39, 0.29) is 5.78 Å². The van der Waals surface area contributed by atoms with Crippen LogP contribution in [0.15, 0.2) is 36.4 Å². The lowest BCUT2D eigenvalue weighted by molar-refractivity contribution is -0.858. The second kappa shape index (κ2) is 10.7. The van der Waals surface area contributed by atoms with Crippen LogP contribution in [-0.4, -0.2) is 70.9 Å². The number of ether oxygens (including phenoxy) is 3. The first kappa shape index (κ1) is 25.2. The zero-order chi connectivity index (χ0) is 25.0. The third kappa shape index (κ3) is 4.92. The van der Waals surface area contributed by atoms with E-state index in [0.717, 1.165) is 12.1 Å². The Morgan fingerprint density at radius 2 is 1.59 bits per heavy atom. The highest BCUT2D eigenvalue weighted by Gasteiger charge is 2.51. The molecule has 0 aliphatic carbocycles. The fourth-order valence-electron chi connectivity index (χ4n) is 4.45. The Balaban J connectivity index is 2.06. The summed E-state index contributed by atoms with van der Waals surface area (Å²) in [5.41, 5.74) is 1.80. The molecule has 2 aromatic carbocycles. The van der Waals surface area contributed by atoms with Gasteiger partial charge in [-0.2, -0.15) is 0 Å². The first-order chi connectivity index (χ1) is 16.2. The van der Waals surface area contributed by atoms with Gasteiger partial charge >= 0.3 is 0 Å². The van der Waals surface area contributed by atoms with Crippen molar-refractivity contribution in [2.45, 2.75) is 19.4 Å². The molecule has 1 fully saturated rings. The van der Waals surface area contributed by atoms with E-state index >= 15 is 0 Å². The van der Waals surface area contributed by atoms with Crippen molar-refractivity contribution >= 4 is 17.5 Å². The summed E-state index contributed by atoms with van der Waals surface area (Å²) in [5, 5.41) is 0. The lowest BCUT2D eigenvalue weighted by atomic mass is 9.85. The van der Waals surface area contributed by atoms with Gasteiger partial charge in [0.2, 0.25) is 5.78 Å². The normalized spacial score (nSPS) is 17.9. The number of hydrogen-bond donors (Lipinski definition) is 1. The first-order valence-corrected chi connectivity index (χ1v) is 11.3. The van der Waals surface area contributed by atoms with Crippen LogP contribution in [0.4, 0.5) is 0 Å². The van der Waals surface area contributed by atoms with Crippen molar-refractivity contribution in [3.05, 3.63) is 53.1 Å². The molecule has 2 atom stereocenters. The molecular formula is C26H33N2O6+. The van der Waals surface area contributed by atoms with Gasteiger partial charge in [-0.15, -0.1) is 0 Å². The number of Topliss-reactive ketones (excluding diaryl/α,β-unsaturated/α-hetero) is 2. The van der Waals surface area contributed by atoms with Gasteiger partial charge in [-0.1, -0.05) is 6.07 Å². The van der Waals surface area contributed by atoms with Gasteiger partial charge < -0.3 is 24.0 Å². The third-order valence-electron chi connectivity index (χ3n) is 6.19. The van der Waals surface area contributed by atoms with Crippen molar-refractivity contribution in [3.63, 3.8) is 0 Å². The van der Waals surface area contributed by atoms with Crippen molar-refractivity contribution in [1.82, 2.24) is 4.90 Å². The standard InChI is InChI=1S/C26H32N2O6/c1-16-14-18(9-10-19(16)32-4)24(29)22-23(17-8-11-20(33-5)21(15-17)34-6)28(26(31)25(22)30)13-7-12-27(2)3/h8-11,14-15,22-23H,7,12-13H2,1-6H3/p+1. The van der Waals surface area contributed by atoms with Gasteiger partial charge in [0.15, 0.2) is 17.3 Å². The summed E-state index contributed by atoms with van der Waals surface area (Å²) < 4.78 is 16.1. The molecule has 0 radical (unpaired) electrons. The molecule has 1 saturated heterocycles. The van der Waals surface area contributed by atoms with Crippen LogP contribution in [0.25, 0.3) is 0 Å². The number of nitrogens with one attached hydrogen (secondary N) is 1. The maximum atomic E-state index is 13.6. The zero-order valence-corrected chi connectivity index (χ0v) is 20.6. The number of ketones is 2. The Bertz CT molecular complexity index is 1080. The Kier molecular flexibility index (Phi) is 7.94. The molecule has 182 valence electrons. The molecule has 1 amide bonds. The van der Waals surface area contributed by atoms with Crippen LogP contribution >= 0.6 is 0 Å². The molecule has 1 heterocycles. The number of amides is 1. The maximum absolute atomic E-state index is 13.6. The molecule has 3 rings (SSSR count). The summed E-state index contributed by atoms with van der Waals surface area (Å²) in [7, 11) is 8.67. The Morgan fingerprint density at radius 3 is 2.18 bits per heavy atom. The molecule has 8 nitrogen and oxygen atoms in total. The molecule has 1 aliphatic rings. The molecule has 2 aromatic rings. The van der Waals surface area contributed by atoms with Crippen LogP contribution in [0.3, 0.4) is 0 Å². The van der Waals surface area contributed by atoms with Crippen LogP contribution < -0.4 is 19.1 Å². The van der Waals surface area contributed by atoms with Crippen molar-refractivity contribution in [3.8, 4) is 17.2 Å². The second-order valence-electron chi connectivity index (χ2n) is 8.76. The number of quaternary nitrogens is 1. The number of hydrogen-bond acceptors (Lipinski definition) is 6. The predicted molar refractivity (Wildman–Crippen MR) is 127 cm³/mol. The van der Waals surface area contributed by atoms with Gasteiger partial charge in [0, 0.05) is 18.5 Å². The fraction of sp³-hybridized carbons (Fsp3) is 0.423. The molecule has 2 unspecified atom stereocenters. The molecule has 0 spiro atoms. The number of benzene rings is 2. The minimum absolute atomic E-state index is 0.370. The summed E-state index contributed by atoms with van der Waals surface area (Å²) >= 11 is 0. The molecule has 1 N–H and O–H groups in total. The number of aryl methyl sites for hydroxylation is 1. The smallest absolute Gasteiger partial charge is 0.291 e. The maximum Gasteiger partial charge on any atom is 0.291 e. The van der Waals surface area contributed by atoms with E-state index in [1.807, 2.05) is 21.0 Å².